The van der Waals surface area contributed by atoms with Gasteiger partial charge in [-0.1, -0.05) is 23.7 Å². The van der Waals surface area contributed by atoms with Crippen LogP contribution in [0.25, 0.3) is 0 Å². The molecule has 24 heavy (non-hydrogen) atoms. The van der Waals surface area contributed by atoms with Gasteiger partial charge in [-0.2, -0.15) is 0 Å². The number of hydrazine groups is 1. The molecule has 0 aliphatic heterocycles. The largest absolute Gasteiger partial charge is 0.497 e. The van der Waals surface area contributed by atoms with Crippen LogP contribution >= 0.6 is 36.0 Å². The first kappa shape index (κ1) is 18.3. The number of hydrogen-bond acceptors (Lipinski definition) is 3. The molecule has 0 unspecified atom stereocenters. The predicted octanol–water partition coefficient (Wildman–Crippen LogP) is 3.21. The van der Waals surface area contributed by atoms with Gasteiger partial charge in [0, 0.05) is 17.3 Å². The van der Waals surface area contributed by atoms with Crippen LogP contribution in [-0.4, -0.2) is 17.3 Å². The number of methoxy groups -OCH3 is 1. The van der Waals surface area contributed by atoms with Crippen molar-refractivity contribution in [2.45, 2.75) is 6.54 Å². The van der Waals surface area contributed by atoms with Gasteiger partial charge >= 0.3 is 0 Å². The zero-order valence-electron chi connectivity index (χ0n) is 12.9. The quantitative estimate of drug-likeness (QED) is 0.480. The molecule has 5 nitrogen and oxygen atoms in total. The third-order valence-corrected chi connectivity index (χ3v) is 3.71. The van der Waals surface area contributed by atoms with Gasteiger partial charge in [0.2, 0.25) is 0 Å². The fourth-order valence-electron chi connectivity index (χ4n) is 1.78. The Morgan fingerprint density at radius 1 is 0.958 bits per heavy atom. The molecule has 0 aliphatic carbocycles. The summed E-state index contributed by atoms with van der Waals surface area (Å²) in [6, 6.07) is 15.0. The van der Waals surface area contributed by atoms with E-state index in [0.717, 1.165) is 17.0 Å². The number of rotatable bonds is 4. The Labute approximate surface area is 156 Å². The standard InChI is InChI=1S/C16H17ClN4OS2/c1-22-14-8-2-11(3-9-14)10-18-15(23)20-21-16(24)19-13-6-4-12(17)5-7-13/h2-9H,10H2,1H3,(H2,18,20,23)(H2,19,21,24). The molecule has 2 aromatic rings. The van der Waals surface area contributed by atoms with E-state index in [0.29, 0.717) is 21.8 Å². The Morgan fingerprint density at radius 2 is 1.58 bits per heavy atom. The summed E-state index contributed by atoms with van der Waals surface area (Å²) < 4.78 is 5.12. The zero-order chi connectivity index (χ0) is 17.4. The van der Waals surface area contributed by atoms with Gasteiger partial charge in [0.05, 0.1) is 7.11 Å². The van der Waals surface area contributed by atoms with Crippen LogP contribution in [0.15, 0.2) is 48.5 Å². The van der Waals surface area contributed by atoms with Crippen LogP contribution in [0, 0.1) is 0 Å². The van der Waals surface area contributed by atoms with Crippen molar-refractivity contribution in [1.82, 2.24) is 16.2 Å². The van der Waals surface area contributed by atoms with E-state index in [1.807, 2.05) is 36.4 Å². The number of halogens is 1. The Hall–Kier alpha value is -2.09. The Morgan fingerprint density at radius 3 is 2.21 bits per heavy atom. The second-order valence-electron chi connectivity index (χ2n) is 4.74. The highest BCUT2D eigenvalue weighted by molar-refractivity contribution is 7.80. The summed E-state index contributed by atoms with van der Waals surface area (Å²) in [7, 11) is 1.64. The summed E-state index contributed by atoms with van der Waals surface area (Å²) in [5.74, 6) is 0.819. The molecule has 126 valence electrons. The summed E-state index contributed by atoms with van der Waals surface area (Å²) in [4.78, 5) is 0. The fraction of sp³-hybridized carbons (Fsp3) is 0.125. The average Bonchev–Trinajstić information content (AvgIpc) is 2.60. The van der Waals surface area contributed by atoms with Gasteiger partial charge in [-0.05, 0) is 66.4 Å². The number of benzene rings is 2. The molecular weight excluding hydrogens is 364 g/mol. The second kappa shape index (κ2) is 9.27. The Bertz CT molecular complexity index is 692. The third kappa shape index (κ3) is 6.19. The van der Waals surface area contributed by atoms with Crippen LogP contribution in [0.2, 0.25) is 5.02 Å². The van der Waals surface area contributed by atoms with E-state index in [1.54, 1.807) is 19.2 Å². The van der Waals surface area contributed by atoms with Crippen molar-refractivity contribution in [3.8, 4) is 5.75 Å². The molecule has 0 aliphatic rings. The van der Waals surface area contributed by atoms with Gasteiger partial charge in [-0.3, -0.25) is 10.9 Å². The molecule has 0 spiro atoms. The number of anilines is 1. The fourth-order valence-corrected chi connectivity index (χ4v) is 2.20. The van der Waals surface area contributed by atoms with Gasteiger partial charge < -0.3 is 15.4 Å². The van der Waals surface area contributed by atoms with Crippen molar-refractivity contribution in [3.63, 3.8) is 0 Å². The van der Waals surface area contributed by atoms with Crippen LogP contribution < -0.4 is 26.2 Å². The van der Waals surface area contributed by atoms with E-state index in [-0.39, 0.29) is 0 Å². The predicted molar refractivity (Wildman–Crippen MR) is 106 cm³/mol. The van der Waals surface area contributed by atoms with Gasteiger partial charge in [-0.25, -0.2) is 0 Å². The van der Waals surface area contributed by atoms with Crippen LogP contribution in [0.4, 0.5) is 5.69 Å². The van der Waals surface area contributed by atoms with Gasteiger partial charge in [0.25, 0.3) is 0 Å². The first-order valence-electron chi connectivity index (χ1n) is 7.06. The van der Waals surface area contributed by atoms with E-state index in [2.05, 4.69) is 21.5 Å². The minimum atomic E-state index is 0.394. The van der Waals surface area contributed by atoms with Crippen LogP contribution in [-0.2, 0) is 6.54 Å². The zero-order valence-corrected chi connectivity index (χ0v) is 15.3. The van der Waals surface area contributed by atoms with Crippen molar-refractivity contribution < 1.29 is 4.74 Å². The minimum absolute atomic E-state index is 0.394. The molecule has 0 bridgehead atoms. The lowest BCUT2D eigenvalue weighted by Gasteiger charge is -2.14. The van der Waals surface area contributed by atoms with Gasteiger partial charge in [0.15, 0.2) is 10.2 Å². The molecule has 0 fully saturated rings. The van der Waals surface area contributed by atoms with Crippen LogP contribution in [0.5, 0.6) is 5.75 Å². The number of thiocarbonyl (C=S) groups is 2. The summed E-state index contributed by atoms with van der Waals surface area (Å²) in [5.41, 5.74) is 7.55. The molecule has 0 saturated carbocycles. The summed E-state index contributed by atoms with van der Waals surface area (Å²) in [6.45, 7) is 0.592. The first-order valence-corrected chi connectivity index (χ1v) is 8.25. The van der Waals surface area contributed by atoms with Crippen molar-refractivity contribution in [1.29, 1.82) is 0 Å². The normalized spacial score (nSPS) is 9.75. The van der Waals surface area contributed by atoms with E-state index in [9.17, 15) is 0 Å². The van der Waals surface area contributed by atoms with E-state index in [4.69, 9.17) is 40.8 Å². The molecule has 2 rings (SSSR count). The monoisotopic (exact) mass is 380 g/mol. The van der Waals surface area contributed by atoms with Crippen molar-refractivity contribution in [2.75, 3.05) is 12.4 Å². The summed E-state index contributed by atoms with van der Waals surface area (Å²) in [5, 5.41) is 7.58. The Kier molecular flexibility index (Phi) is 7.05. The van der Waals surface area contributed by atoms with Gasteiger partial charge in [-0.15, -0.1) is 0 Å². The van der Waals surface area contributed by atoms with Crippen LogP contribution in [0.1, 0.15) is 5.56 Å². The lowest BCUT2D eigenvalue weighted by Crippen LogP contribution is -2.47. The maximum Gasteiger partial charge on any atom is 0.189 e. The molecule has 8 heteroatoms. The second-order valence-corrected chi connectivity index (χ2v) is 5.99. The van der Waals surface area contributed by atoms with E-state index >= 15 is 0 Å². The highest BCUT2D eigenvalue weighted by Gasteiger charge is 2.00. The number of ether oxygens (including phenoxy) is 1. The topological polar surface area (TPSA) is 57.4 Å². The van der Waals surface area contributed by atoms with Gasteiger partial charge in [0.1, 0.15) is 5.75 Å². The molecule has 2 aromatic carbocycles. The first-order chi connectivity index (χ1) is 11.6. The third-order valence-electron chi connectivity index (χ3n) is 3.00. The van der Waals surface area contributed by atoms with Crippen molar-refractivity contribution in [3.05, 3.63) is 59.1 Å². The minimum Gasteiger partial charge on any atom is -0.497 e. The average molecular weight is 381 g/mol. The lowest BCUT2D eigenvalue weighted by molar-refractivity contribution is 0.414. The van der Waals surface area contributed by atoms with Crippen molar-refractivity contribution >= 4 is 51.9 Å². The maximum absolute atomic E-state index is 5.83. The molecule has 0 radical (unpaired) electrons. The SMILES string of the molecule is COc1ccc(CNC(=S)NNC(=S)Nc2ccc(Cl)cc2)cc1. The lowest BCUT2D eigenvalue weighted by atomic mass is 10.2. The summed E-state index contributed by atoms with van der Waals surface area (Å²) >= 11 is 16.2. The molecular formula is C16H17ClN4OS2. The molecule has 4 N–H and O–H groups in total. The number of nitrogens with one attached hydrogen (secondary N) is 4. The molecule has 0 saturated heterocycles. The highest BCUT2D eigenvalue weighted by atomic mass is 35.5. The summed E-state index contributed by atoms with van der Waals surface area (Å²) in [6.07, 6.45) is 0. The molecule has 0 amide bonds. The molecule has 0 aromatic heterocycles. The van der Waals surface area contributed by atoms with Crippen molar-refractivity contribution in [2.24, 2.45) is 0 Å². The van der Waals surface area contributed by atoms with Crippen LogP contribution in [0.3, 0.4) is 0 Å². The highest BCUT2D eigenvalue weighted by Crippen LogP contribution is 2.13. The van der Waals surface area contributed by atoms with E-state index in [1.165, 1.54) is 0 Å². The maximum atomic E-state index is 5.83. The smallest absolute Gasteiger partial charge is 0.189 e. The molecule has 0 atom stereocenters. The van der Waals surface area contributed by atoms with E-state index < -0.39 is 0 Å². The number of hydrogen-bond donors (Lipinski definition) is 4. The Balaban J connectivity index is 1.70. The molecule has 0 heterocycles.